The molecule has 20 heavy (non-hydrogen) atoms. The number of nitrogens with one attached hydrogen (secondary N) is 1. The SMILES string of the molecule is Clc1cccnc1NC1CCCN(c2ccccc2)C1. The van der Waals surface area contributed by atoms with Crippen LogP contribution in [-0.4, -0.2) is 24.1 Å². The third kappa shape index (κ3) is 3.05. The lowest BCUT2D eigenvalue weighted by molar-refractivity contribution is 0.529. The van der Waals surface area contributed by atoms with E-state index in [1.165, 1.54) is 12.1 Å². The Balaban J connectivity index is 1.68. The van der Waals surface area contributed by atoms with E-state index in [9.17, 15) is 0 Å². The van der Waals surface area contributed by atoms with Gasteiger partial charge in [-0.3, -0.25) is 0 Å². The lowest BCUT2D eigenvalue weighted by Crippen LogP contribution is -2.42. The molecule has 0 spiro atoms. The molecule has 1 atom stereocenters. The predicted octanol–water partition coefficient (Wildman–Crippen LogP) is 3.82. The normalized spacial score (nSPS) is 18.9. The highest BCUT2D eigenvalue weighted by molar-refractivity contribution is 6.32. The van der Waals surface area contributed by atoms with Gasteiger partial charge in [0.05, 0.1) is 5.02 Å². The maximum atomic E-state index is 6.16. The van der Waals surface area contributed by atoms with E-state index >= 15 is 0 Å². The molecular weight excluding hydrogens is 270 g/mol. The molecule has 3 nitrogen and oxygen atoms in total. The van der Waals surface area contributed by atoms with Gasteiger partial charge in [0.15, 0.2) is 0 Å². The molecule has 0 aliphatic carbocycles. The number of aromatic nitrogens is 1. The highest BCUT2D eigenvalue weighted by Crippen LogP contribution is 2.24. The summed E-state index contributed by atoms with van der Waals surface area (Å²) >= 11 is 6.16. The van der Waals surface area contributed by atoms with Crippen LogP contribution in [0.5, 0.6) is 0 Å². The molecule has 104 valence electrons. The summed E-state index contributed by atoms with van der Waals surface area (Å²) in [6, 6.07) is 14.7. The molecule has 1 fully saturated rings. The van der Waals surface area contributed by atoms with E-state index in [2.05, 4.69) is 45.5 Å². The van der Waals surface area contributed by atoms with Gasteiger partial charge in [0.2, 0.25) is 0 Å². The maximum Gasteiger partial charge on any atom is 0.145 e. The second-order valence-corrected chi connectivity index (χ2v) is 5.51. The number of benzene rings is 1. The molecule has 0 radical (unpaired) electrons. The highest BCUT2D eigenvalue weighted by atomic mass is 35.5. The van der Waals surface area contributed by atoms with Crippen molar-refractivity contribution in [3.05, 3.63) is 53.7 Å². The lowest BCUT2D eigenvalue weighted by atomic mass is 10.0. The second kappa shape index (κ2) is 6.14. The maximum absolute atomic E-state index is 6.16. The standard InChI is InChI=1S/C16H18ClN3/c17-15-9-4-10-18-16(15)19-13-6-5-11-20(12-13)14-7-2-1-3-8-14/h1-4,7-10,13H,5-6,11-12H2,(H,18,19). The zero-order chi connectivity index (χ0) is 13.8. The van der Waals surface area contributed by atoms with Gasteiger partial charge in [0.1, 0.15) is 5.82 Å². The second-order valence-electron chi connectivity index (χ2n) is 5.10. The zero-order valence-electron chi connectivity index (χ0n) is 11.3. The first-order valence-corrected chi connectivity index (χ1v) is 7.38. The van der Waals surface area contributed by atoms with Gasteiger partial charge in [-0.25, -0.2) is 4.98 Å². The van der Waals surface area contributed by atoms with Gasteiger partial charge in [-0.1, -0.05) is 29.8 Å². The number of nitrogens with zero attached hydrogens (tertiary/aromatic N) is 2. The Morgan fingerprint density at radius 3 is 2.80 bits per heavy atom. The van der Waals surface area contributed by atoms with Crippen molar-refractivity contribution < 1.29 is 0 Å². The summed E-state index contributed by atoms with van der Waals surface area (Å²) < 4.78 is 0. The van der Waals surface area contributed by atoms with E-state index in [0.717, 1.165) is 25.3 Å². The van der Waals surface area contributed by atoms with Crippen molar-refractivity contribution in [3.8, 4) is 0 Å². The van der Waals surface area contributed by atoms with E-state index in [0.29, 0.717) is 11.1 Å². The Kier molecular flexibility index (Phi) is 4.07. The van der Waals surface area contributed by atoms with Crippen LogP contribution in [-0.2, 0) is 0 Å². The van der Waals surface area contributed by atoms with Crippen LogP contribution < -0.4 is 10.2 Å². The molecule has 2 aromatic rings. The summed E-state index contributed by atoms with van der Waals surface area (Å²) in [7, 11) is 0. The fourth-order valence-electron chi connectivity index (χ4n) is 2.65. The van der Waals surface area contributed by atoms with Crippen LogP contribution >= 0.6 is 11.6 Å². The number of hydrogen-bond acceptors (Lipinski definition) is 3. The van der Waals surface area contributed by atoms with Crippen LogP contribution in [0.15, 0.2) is 48.7 Å². The number of pyridine rings is 1. The number of halogens is 1. The minimum atomic E-state index is 0.386. The van der Waals surface area contributed by atoms with Gasteiger partial charge in [-0.15, -0.1) is 0 Å². The molecule has 1 saturated heterocycles. The number of para-hydroxylation sites is 1. The van der Waals surface area contributed by atoms with Gasteiger partial charge < -0.3 is 10.2 Å². The van der Waals surface area contributed by atoms with Crippen LogP contribution in [0.25, 0.3) is 0 Å². The summed E-state index contributed by atoms with van der Waals surface area (Å²) in [5.74, 6) is 0.786. The van der Waals surface area contributed by atoms with Gasteiger partial charge in [-0.05, 0) is 37.1 Å². The quantitative estimate of drug-likeness (QED) is 0.930. The van der Waals surface area contributed by atoms with Gasteiger partial charge in [0.25, 0.3) is 0 Å². The zero-order valence-corrected chi connectivity index (χ0v) is 12.1. The molecular formula is C16H18ClN3. The summed E-state index contributed by atoms with van der Waals surface area (Å²) in [5, 5.41) is 4.15. The van der Waals surface area contributed by atoms with Crippen molar-refractivity contribution in [1.82, 2.24) is 4.98 Å². The summed E-state index contributed by atoms with van der Waals surface area (Å²) in [5.41, 5.74) is 1.28. The highest BCUT2D eigenvalue weighted by Gasteiger charge is 2.20. The van der Waals surface area contributed by atoms with Gasteiger partial charge >= 0.3 is 0 Å². The van der Waals surface area contributed by atoms with Gasteiger partial charge in [-0.2, -0.15) is 0 Å². The predicted molar refractivity (Wildman–Crippen MR) is 84.5 cm³/mol. The van der Waals surface area contributed by atoms with Crippen LogP contribution in [0.2, 0.25) is 5.02 Å². The van der Waals surface area contributed by atoms with Crippen LogP contribution in [0.1, 0.15) is 12.8 Å². The summed E-state index contributed by atoms with van der Waals surface area (Å²) in [4.78, 5) is 6.72. The van der Waals surface area contributed by atoms with Crippen molar-refractivity contribution in [2.75, 3.05) is 23.3 Å². The number of anilines is 2. The molecule has 1 aliphatic rings. The van der Waals surface area contributed by atoms with Crippen LogP contribution in [0.4, 0.5) is 11.5 Å². The third-order valence-corrected chi connectivity index (χ3v) is 3.95. The Bertz CT molecular complexity index is 559. The van der Waals surface area contributed by atoms with Crippen molar-refractivity contribution >= 4 is 23.1 Å². The average molecular weight is 288 g/mol. The van der Waals surface area contributed by atoms with Crippen LogP contribution in [0, 0.1) is 0 Å². The summed E-state index contributed by atoms with van der Waals surface area (Å²) in [6.45, 7) is 2.09. The molecule has 1 aliphatic heterocycles. The molecule has 0 saturated carbocycles. The Labute approximate surface area is 124 Å². The fourth-order valence-corrected chi connectivity index (χ4v) is 2.83. The van der Waals surface area contributed by atoms with E-state index in [1.54, 1.807) is 6.20 Å². The first kappa shape index (κ1) is 13.3. The topological polar surface area (TPSA) is 28.2 Å². The number of piperidine rings is 1. The van der Waals surface area contributed by atoms with Gasteiger partial charge in [0, 0.05) is 31.0 Å². The Morgan fingerprint density at radius 2 is 2.00 bits per heavy atom. The van der Waals surface area contributed by atoms with E-state index in [1.807, 2.05) is 12.1 Å². The molecule has 1 aromatic heterocycles. The molecule has 1 unspecified atom stereocenters. The largest absolute Gasteiger partial charge is 0.369 e. The molecule has 2 heterocycles. The monoisotopic (exact) mass is 287 g/mol. The average Bonchev–Trinajstić information content (AvgIpc) is 2.51. The van der Waals surface area contributed by atoms with Crippen molar-refractivity contribution in [2.24, 2.45) is 0 Å². The molecule has 0 bridgehead atoms. The molecule has 1 aromatic carbocycles. The van der Waals surface area contributed by atoms with E-state index < -0.39 is 0 Å². The smallest absolute Gasteiger partial charge is 0.145 e. The van der Waals surface area contributed by atoms with E-state index in [4.69, 9.17) is 11.6 Å². The molecule has 0 amide bonds. The molecule has 3 rings (SSSR count). The molecule has 4 heteroatoms. The van der Waals surface area contributed by atoms with E-state index in [-0.39, 0.29) is 0 Å². The third-order valence-electron chi connectivity index (χ3n) is 3.64. The molecule has 1 N–H and O–H groups in total. The van der Waals surface area contributed by atoms with Crippen LogP contribution in [0.3, 0.4) is 0 Å². The lowest BCUT2D eigenvalue weighted by Gasteiger charge is -2.35. The summed E-state index contributed by atoms with van der Waals surface area (Å²) in [6.07, 6.45) is 4.10. The number of rotatable bonds is 3. The number of hydrogen-bond donors (Lipinski definition) is 1. The van der Waals surface area contributed by atoms with Crippen molar-refractivity contribution in [1.29, 1.82) is 0 Å². The fraction of sp³-hybridized carbons (Fsp3) is 0.312. The van der Waals surface area contributed by atoms with Crippen molar-refractivity contribution in [3.63, 3.8) is 0 Å². The Hall–Kier alpha value is -1.74. The first-order chi connectivity index (χ1) is 9.83. The minimum absolute atomic E-state index is 0.386. The first-order valence-electron chi connectivity index (χ1n) is 7.00. The van der Waals surface area contributed by atoms with Crippen molar-refractivity contribution in [2.45, 2.75) is 18.9 Å². The Morgan fingerprint density at radius 1 is 1.15 bits per heavy atom. The minimum Gasteiger partial charge on any atom is -0.369 e.